The standard InChI is InChI=1S/C6H12N4O/c1-2-5(11)10-6-8-3-7-4-9-6/h2,6-9H,1,3-4H2,(H,10,11). The zero-order valence-electron chi connectivity index (χ0n) is 6.18. The van der Waals surface area contributed by atoms with Gasteiger partial charge in [0.15, 0.2) is 0 Å². The normalized spacial score (nSPS) is 19.3. The smallest absolute Gasteiger partial charge is 0.245 e. The van der Waals surface area contributed by atoms with E-state index in [0.717, 1.165) is 0 Å². The molecule has 0 aromatic rings. The number of hydrogen-bond donors (Lipinski definition) is 4. The molecule has 0 bridgehead atoms. The van der Waals surface area contributed by atoms with Gasteiger partial charge in [-0.05, 0) is 6.08 Å². The van der Waals surface area contributed by atoms with Crippen molar-refractivity contribution in [3.63, 3.8) is 0 Å². The third-order valence-corrected chi connectivity index (χ3v) is 1.33. The van der Waals surface area contributed by atoms with Crippen molar-refractivity contribution in [2.45, 2.75) is 6.29 Å². The van der Waals surface area contributed by atoms with Crippen molar-refractivity contribution in [3.05, 3.63) is 12.7 Å². The zero-order valence-corrected chi connectivity index (χ0v) is 6.18. The Morgan fingerprint density at radius 1 is 1.55 bits per heavy atom. The number of carbonyl (C=O) groups is 1. The van der Waals surface area contributed by atoms with Gasteiger partial charge in [-0.3, -0.25) is 20.7 Å². The highest BCUT2D eigenvalue weighted by atomic mass is 16.1. The molecule has 1 heterocycles. The second-order valence-corrected chi connectivity index (χ2v) is 2.16. The molecule has 0 unspecified atom stereocenters. The Bertz CT molecular complexity index is 153. The summed E-state index contributed by atoms with van der Waals surface area (Å²) in [4.78, 5) is 10.8. The molecule has 0 saturated carbocycles. The number of amides is 1. The third-order valence-electron chi connectivity index (χ3n) is 1.33. The van der Waals surface area contributed by atoms with Crippen LogP contribution < -0.4 is 21.3 Å². The average molecular weight is 156 g/mol. The molecule has 1 aliphatic heterocycles. The zero-order chi connectivity index (χ0) is 8.10. The van der Waals surface area contributed by atoms with Crippen LogP contribution in [0.15, 0.2) is 12.7 Å². The Morgan fingerprint density at radius 3 is 2.73 bits per heavy atom. The third kappa shape index (κ3) is 2.67. The molecule has 1 fully saturated rings. The summed E-state index contributed by atoms with van der Waals surface area (Å²) in [6, 6.07) is 0. The van der Waals surface area contributed by atoms with Crippen LogP contribution in [-0.2, 0) is 4.79 Å². The highest BCUT2D eigenvalue weighted by Gasteiger charge is 2.10. The fourth-order valence-corrected chi connectivity index (χ4v) is 0.786. The molecule has 1 saturated heterocycles. The van der Waals surface area contributed by atoms with Crippen LogP contribution in [0.4, 0.5) is 0 Å². The molecular weight excluding hydrogens is 144 g/mol. The van der Waals surface area contributed by atoms with Crippen molar-refractivity contribution in [2.75, 3.05) is 13.3 Å². The van der Waals surface area contributed by atoms with Gasteiger partial charge in [-0.15, -0.1) is 0 Å². The second kappa shape index (κ2) is 4.07. The minimum absolute atomic E-state index is 0.151. The van der Waals surface area contributed by atoms with Crippen LogP contribution in [0, 0.1) is 0 Å². The van der Waals surface area contributed by atoms with Gasteiger partial charge < -0.3 is 5.32 Å². The lowest BCUT2D eigenvalue weighted by atomic mass is 10.5. The van der Waals surface area contributed by atoms with Gasteiger partial charge >= 0.3 is 0 Å². The van der Waals surface area contributed by atoms with E-state index < -0.39 is 0 Å². The number of rotatable bonds is 2. The first-order valence-electron chi connectivity index (χ1n) is 3.43. The van der Waals surface area contributed by atoms with Gasteiger partial charge in [-0.1, -0.05) is 6.58 Å². The molecule has 0 spiro atoms. The fraction of sp³-hybridized carbons (Fsp3) is 0.500. The molecule has 0 radical (unpaired) electrons. The minimum Gasteiger partial charge on any atom is -0.324 e. The summed E-state index contributed by atoms with van der Waals surface area (Å²) in [5.74, 6) is -0.183. The maximum absolute atomic E-state index is 10.8. The maximum Gasteiger partial charge on any atom is 0.245 e. The second-order valence-electron chi connectivity index (χ2n) is 2.16. The first-order valence-corrected chi connectivity index (χ1v) is 3.43. The lowest BCUT2D eigenvalue weighted by Gasteiger charge is -2.25. The maximum atomic E-state index is 10.8. The summed E-state index contributed by atoms with van der Waals surface area (Å²) < 4.78 is 0. The number of nitrogens with one attached hydrogen (secondary N) is 4. The van der Waals surface area contributed by atoms with Gasteiger partial charge in [-0.2, -0.15) is 0 Å². The van der Waals surface area contributed by atoms with Crippen LogP contribution in [0.25, 0.3) is 0 Å². The first kappa shape index (κ1) is 8.19. The molecule has 5 heteroatoms. The summed E-state index contributed by atoms with van der Waals surface area (Å²) in [6.07, 6.45) is 1.09. The van der Waals surface area contributed by atoms with Gasteiger partial charge in [0.1, 0.15) is 6.29 Å². The molecular formula is C6H12N4O. The summed E-state index contributed by atoms with van der Waals surface area (Å²) in [5, 5.41) is 11.6. The summed E-state index contributed by atoms with van der Waals surface area (Å²) in [6.45, 7) is 4.72. The van der Waals surface area contributed by atoms with Gasteiger partial charge in [-0.25, -0.2) is 0 Å². The molecule has 1 amide bonds. The fourth-order valence-electron chi connectivity index (χ4n) is 0.786. The molecule has 0 aromatic heterocycles. The van der Waals surface area contributed by atoms with Gasteiger partial charge in [0.05, 0.1) is 0 Å². The highest BCUT2D eigenvalue weighted by Crippen LogP contribution is 1.76. The van der Waals surface area contributed by atoms with Gasteiger partial charge in [0, 0.05) is 13.3 Å². The van der Waals surface area contributed by atoms with E-state index in [-0.39, 0.29) is 12.2 Å². The van der Waals surface area contributed by atoms with Crippen molar-refractivity contribution in [1.82, 2.24) is 21.3 Å². The molecule has 5 nitrogen and oxygen atoms in total. The van der Waals surface area contributed by atoms with Crippen molar-refractivity contribution in [2.24, 2.45) is 0 Å². The topological polar surface area (TPSA) is 65.2 Å². The summed E-state index contributed by atoms with van der Waals surface area (Å²) in [7, 11) is 0. The van der Waals surface area contributed by atoms with Crippen molar-refractivity contribution < 1.29 is 4.79 Å². The quantitative estimate of drug-likeness (QED) is 0.359. The minimum atomic E-state index is -0.183. The van der Waals surface area contributed by atoms with Crippen LogP contribution in [0.1, 0.15) is 0 Å². The van der Waals surface area contributed by atoms with Gasteiger partial charge in [0.2, 0.25) is 5.91 Å². The first-order chi connectivity index (χ1) is 5.33. The predicted octanol–water partition coefficient (Wildman–Crippen LogP) is -1.73. The summed E-state index contributed by atoms with van der Waals surface area (Å²) >= 11 is 0. The van der Waals surface area contributed by atoms with Crippen LogP contribution in [0.2, 0.25) is 0 Å². The van der Waals surface area contributed by atoms with E-state index in [1.807, 2.05) is 0 Å². The van der Waals surface area contributed by atoms with Crippen molar-refractivity contribution in [3.8, 4) is 0 Å². The Morgan fingerprint density at radius 2 is 2.18 bits per heavy atom. The molecule has 0 aromatic carbocycles. The van der Waals surface area contributed by atoms with Crippen molar-refractivity contribution in [1.29, 1.82) is 0 Å². The van der Waals surface area contributed by atoms with Crippen molar-refractivity contribution >= 4 is 5.91 Å². The highest BCUT2D eigenvalue weighted by molar-refractivity contribution is 5.86. The Labute approximate surface area is 65.2 Å². The van der Waals surface area contributed by atoms with E-state index in [4.69, 9.17) is 0 Å². The largest absolute Gasteiger partial charge is 0.324 e. The Hall–Kier alpha value is -0.910. The molecule has 0 atom stereocenters. The van der Waals surface area contributed by atoms with E-state index in [1.165, 1.54) is 6.08 Å². The lowest BCUT2D eigenvalue weighted by molar-refractivity contribution is -0.117. The Kier molecular flexibility index (Phi) is 3.03. The molecule has 0 aliphatic carbocycles. The molecule has 1 rings (SSSR count). The number of hydrogen-bond acceptors (Lipinski definition) is 4. The van der Waals surface area contributed by atoms with E-state index >= 15 is 0 Å². The van der Waals surface area contributed by atoms with Gasteiger partial charge in [0.25, 0.3) is 0 Å². The van der Waals surface area contributed by atoms with Crippen LogP contribution in [-0.4, -0.2) is 25.5 Å². The van der Waals surface area contributed by atoms with Crippen LogP contribution in [0.3, 0.4) is 0 Å². The van der Waals surface area contributed by atoms with Crippen LogP contribution in [0.5, 0.6) is 0 Å². The molecule has 62 valence electrons. The van der Waals surface area contributed by atoms with E-state index in [1.54, 1.807) is 0 Å². The van der Waals surface area contributed by atoms with E-state index in [2.05, 4.69) is 27.8 Å². The number of carbonyl (C=O) groups excluding carboxylic acids is 1. The summed E-state index contributed by atoms with van der Waals surface area (Å²) in [5.41, 5.74) is 0. The average Bonchev–Trinajstić information content (AvgIpc) is 2.06. The Balaban J connectivity index is 2.24. The monoisotopic (exact) mass is 156 g/mol. The SMILES string of the molecule is C=CC(=O)NC1NCNCN1. The van der Waals surface area contributed by atoms with Crippen LogP contribution >= 0.6 is 0 Å². The molecule has 11 heavy (non-hydrogen) atoms. The van der Waals surface area contributed by atoms with E-state index in [0.29, 0.717) is 13.3 Å². The molecule has 4 N–H and O–H groups in total. The predicted molar refractivity (Wildman–Crippen MR) is 41.3 cm³/mol. The van der Waals surface area contributed by atoms with E-state index in [9.17, 15) is 4.79 Å². The molecule has 1 aliphatic rings. The lowest BCUT2D eigenvalue weighted by Crippen LogP contribution is -2.62.